The van der Waals surface area contributed by atoms with E-state index in [1.165, 1.54) is 20.7 Å². The van der Waals surface area contributed by atoms with E-state index in [2.05, 4.69) is 0 Å². The summed E-state index contributed by atoms with van der Waals surface area (Å²) in [4.78, 5) is 1.86. The molecule has 25 heavy (non-hydrogen) atoms. The van der Waals surface area contributed by atoms with Crippen molar-refractivity contribution in [3.05, 3.63) is 35.4 Å². The van der Waals surface area contributed by atoms with Gasteiger partial charge in [-0.15, -0.1) is 0 Å². The lowest BCUT2D eigenvalue weighted by molar-refractivity contribution is -0.138. The predicted molar refractivity (Wildman–Crippen MR) is 90.1 cm³/mol. The first-order valence-corrected chi connectivity index (χ1v) is 9.72. The van der Waals surface area contributed by atoms with Crippen molar-refractivity contribution in [3.8, 4) is 0 Å². The lowest BCUT2D eigenvalue weighted by Gasteiger charge is -2.36. The van der Waals surface area contributed by atoms with Crippen molar-refractivity contribution in [2.75, 3.05) is 39.3 Å². The predicted octanol–water partition coefficient (Wildman–Crippen LogP) is 2.41. The Balaban J connectivity index is 2.03. The number of alkyl halides is 3. The molecule has 1 saturated heterocycles. The number of nitrogens with zero attached hydrogens (tertiary/aromatic N) is 3. The number of hydrogen-bond acceptors (Lipinski definition) is 3. The Kier molecular flexibility index (Phi) is 6.47. The Morgan fingerprint density at radius 2 is 1.60 bits per heavy atom. The van der Waals surface area contributed by atoms with Gasteiger partial charge in [0.1, 0.15) is 0 Å². The zero-order valence-corrected chi connectivity index (χ0v) is 15.3. The molecule has 1 aliphatic rings. The number of benzene rings is 1. The fourth-order valence-corrected chi connectivity index (χ4v) is 4.61. The molecule has 1 fully saturated rings. The van der Waals surface area contributed by atoms with E-state index in [1.54, 1.807) is 19.9 Å². The van der Waals surface area contributed by atoms with Gasteiger partial charge in [-0.2, -0.15) is 30.2 Å². The molecule has 0 unspecified atom stereocenters. The van der Waals surface area contributed by atoms with Crippen molar-refractivity contribution in [3.63, 3.8) is 0 Å². The maximum atomic E-state index is 13.1. The molecule has 9 heteroatoms. The van der Waals surface area contributed by atoms with E-state index in [0.717, 1.165) is 6.07 Å². The van der Waals surface area contributed by atoms with Crippen LogP contribution in [0.2, 0.25) is 0 Å². The summed E-state index contributed by atoms with van der Waals surface area (Å²) in [7, 11) is -3.49. The molecule has 1 aromatic rings. The van der Waals surface area contributed by atoms with Gasteiger partial charge in [0.25, 0.3) is 10.2 Å². The maximum Gasteiger partial charge on any atom is 0.416 e. The first kappa shape index (κ1) is 20.2. The number of rotatable bonds is 6. The van der Waals surface area contributed by atoms with Gasteiger partial charge >= 0.3 is 6.18 Å². The summed E-state index contributed by atoms with van der Waals surface area (Å²) >= 11 is 0. The third-order valence-corrected chi connectivity index (χ3v) is 6.59. The molecular formula is C16H24F3N3O2S. The summed E-state index contributed by atoms with van der Waals surface area (Å²) in [5, 5.41) is 0. The Labute approximate surface area is 147 Å². The monoisotopic (exact) mass is 379 g/mol. The van der Waals surface area contributed by atoms with E-state index in [4.69, 9.17) is 0 Å². The maximum absolute atomic E-state index is 13.1. The van der Waals surface area contributed by atoms with E-state index in [0.29, 0.717) is 26.2 Å². The third kappa shape index (κ3) is 4.72. The Morgan fingerprint density at radius 1 is 1.04 bits per heavy atom. The van der Waals surface area contributed by atoms with Crippen LogP contribution in [0.4, 0.5) is 13.2 Å². The molecule has 0 radical (unpaired) electrons. The van der Waals surface area contributed by atoms with Gasteiger partial charge in [0.05, 0.1) is 5.56 Å². The molecule has 1 aromatic carbocycles. The van der Waals surface area contributed by atoms with Crippen LogP contribution in [0.25, 0.3) is 0 Å². The average Bonchev–Trinajstić information content (AvgIpc) is 2.56. The first-order valence-electron chi connectivity index (χ1n) is 8.32. The first-order chi connectivity index (χ1) is 11.7. The molecule has 0 bridgehead atoms. The van der Waals surface area contributed by atoms with Crippen LogP contribution in [0.15, 0.2) is 24.3 Å². The lowest BCUT2D eigenvalue weighted by Crippen LogP contribution is -2.52. The number of piperazine rings is 1. The molecule has 0 amide bonds. The van der Waals surface area contributed by atoms with Gasteiger partial charge in [-0.05, 0) is 11.6 Å². The van der Waals surface area contributed by atoms with Crippen LogP contribution >= 0.6 is 0 Å². The highest BCUT2D eigenvalue weighted by Crippen LogP contribution is 2.32. The van der Waals surface area contributed by atoms with Crippen molar-refractivity contribution in [2.24, 2.45) is 0 Å². The molecule has 1 heterocycles. The second-order valence-electron chi connectivity index (χ2n) is 5.92. The molecule has 1 aliphatic heterocycles. The van der Waals surface area contributed by atoms with Crippen LogP contribution in [0.1, 0.15) is 25.0 Å². The van der Waals surface area contributed by atoms with Gasteiger partial charge in [-0.1, -0.05) is 32.0 Å². The second kappa shape index (κ2) is 8.03. The van der Waals surface area contributed by atoms with Crippen LogP contribution in [0.5, 0.6) is 0 Å². The van der Waals surface area contributed by atoms with Crippen molar-refractivity contribution in [1.82, 2.24) is 13.5 Å². The van der Waals surface area contributed by atoms with E-state index in [9.17, 15) is 21.6 Å². The van der Waals surface area contributed by atoms with E-state index in [1.807, 2.05) is 4.90 Å². The minimum absolute atomic E-state index is 0.162. The lowest BCUT2D eigenvalue weighted by atomic mass is 10.1. The van der Waals surface area contributed by atoms with E-state index < -0.39 is 21.9 Å². The van der Waals surface area contributed by atoms with Crippen molar-refractivity contribution in [2.45, 2.75) is 26.6 Å². The third-order valence-electron chi connectivity index (χ3n) is 4.41. The van der Waals surface area contributed by atoms with Gasteiger partial charge in [0.15, 0.2) is 0 Å². The standard InChI is InChI=1S/C16H24F3N3O2S/c1-3-21(4-2)25(23,24)22-11-9-20(10-12-22)13-14-7-5-6-8-15(14)16(17,18)19/h5-8H,3-4,9-13H2,1-2H3. The minimum Gasteiger partial charge on any atom is -0.296 e. The van der Waals surface area contributed by atoms with Crippen LogP contribution < -0.4 is 0 Å². The summed E-state index contributed by atoms with van der Waals surface area (Å²) in [5.74, 6) is 0. The molecule has 0 spiro atoms. The van der Waals surface area contributed by atoms with Crippen LogP contribution in [-0.4, -0.2) is 61.2 Å². The number of hydrogen-bond donors (Lipinski definition) is 0. The molecular weight excluding hydrogens is 355 g/mol. The van der Waals surface area contributed by atoms with Crippen LogP contribution in [0, 0.1) is 0 Å². The molecule has 0 N–H and O–H groups in total. The summed E-state index contributed by atoms with van der Waals surface area (Å²) in [6.45, 7) is 5.92. The van der Waals surface area contributed by atoms with Gasteiger partial charge in [0.2, 0.25) is 0 Å². The summed E-state index contributed by atoms with van der Waals surface area (Å²) in [5.41, 5.74) is -0.414. The molecule has 142 valence electrons. The summed E-state index contributed by atoms with van der Waals surface area (Å²) in [6.07, 6.45) is -4.38. The normalized spacial score (nSPS) is 18.0. The largest absolute Gasteiger partial charge is 0.416 e. The summed E-state index contributed by atoms with van der Waals surface area (Å²) in [6, 6.07) is 5.52. The minimum atomic E-state index is -4.38. The topological polar surface area (TPSA) is 43.9 Å². The second-order valence-corrected chi connectivity index (χ2v) is 7.85. The zero-order chi connectivity index (χ0) is 18.7. The molecule has 0 aliphatic carbocycles. The molecule has 5 nitrogen and oxygen atoms in total. The van der Waals surface area contributed by atoms with Crippen molar-refractivity contribution < 1.29 is 21.6 Å². The highest BCUT2D eigenvalue weighted by atomic mass is 32.2. The van der Waals surface area contributed by atoms with E-state index >= 15 is 0 Å². The Hall–Kier alpha value is -1.16. The van der Waals surface area contributed by atoms with Crippen molar-refractivity contribution in [1.29, 1.82) is 0 Å². The smallest absolute Gasteiger partial charge is 0.296 e. The Bertz CT molecular complexity index is 667. The SMILES string of the molecule is CCN(CC)S(=O)(=O)N1CCN(Cc2ccccc2C(F)(F)F)CC1. The fourth-order valence-electron chi connectivity index (χ4n) is 3.01. The van der Waals surface area contributed by atoms with E-state index in [-0.39, 0.29) is 25.2 Å². The van der Waals surface area contributed by atoms with Gasteiger partial charge in [-0.25, -0.2) is 0 Å². The fraction of sp³-hybridized carbons (Fsp3) is 0.625. The van der Waals surface area contributed by atoms with Gasteiger partial charge in [0, 0.05) is 45.8 Å². The van der Waals surface area contributed by atoms with Crippen molar-refractivity contribution >= 4 is 10.2 Å². The van der Waals surface area contributed by atoms with Crippen LogP contribution in [0.3, 0.4) is 0 Å². The molecule has 0 saturated carbocycles. The zero-order valence-electron chi connectivity index (χ0n) is 14.5. The van der Waals surface area contributed by atoms with Gasteiger partial charge < -0.3 is 0 Å². The number of halogens is 3. The Morgan fingerprint density at radius 3 is 2.12 bits per heavy atom. The highest BCUT2D eigenvalue weighted by molar-refractivity contribution is 7.86. The van der Waals surface area contributed by atoms with Gasteiger partial charge in [-0.3, -0.25) is 4.90 Å². The summed E-state index contributed by atoms with van der Waals surface area (Å²) < 4.78 is 67.0. The molecule has 0 aromatic heterocycles. The quantitative estimate of drug-likeness (QED) is 0.763. The average molecular weight is 379 g/mol. The highest BCUT2D eigenvalue weighted by Gasteiger charge is 2.34. The van der Waals surface area contributed by atoms with Crippen LogP contribution in [-0.2, 0) is 22.9 Å². The molecule has 2 rings (SSSR count). The molecule has 0 atom stereocenters.